The van der Waals surface area contributed by atoms with Crippen LogP contribution in [0.3, 0.4) is 0 Å². The Morgan fingerprint density at radius 2 is 2.06 bits per heavy atom. The quantitative estimate of drug-likeness (QED) is 0.176. The molecule has 4 rings (SSSR count). The molecule has 1 saturated heterocycles. The van der Waals surface area contributed by atoms with Gasteiger partial charge in [-0.1, -0.05) is 28.3 Å². The van der Waals surface area contributed by atoms with Crippen molar-refractivity contribution in [3.63, 3.8) is 0 Å². The van der Waals surface area contributed by atoms with Crippen LogP contribution in [0, 0.1) is 0 Å². The van der Waals surface area contributed by atoms with Gasteiger partial charge in [-0.05, 0) is 12.8 Å². The average molecular weight is 536 g/mol. The van der Waals surface area contributed by atoms with Crippen LogP contribution in [0.1, 0.15) is 23.7 Å². The van der Waals surface area contributed by atoms with E-state index in [-0.39, 0.29) is 44.4 Å². The Kier molecular flexibility index (Phi) is 6.16. The van der Waals surface area contributed by atoms with E-state index in [9.17, 15) is 32.7 Å². The van der Waals surface area contributed by atoms with Crippen molar-refractivity contribution in [3.8, 4) is 0 Å². The minimum Gasteiger partial charge on any atom is -0.477 e. The number of carbonyl (C=O) groups excluding carboxylic acids is 2. The number of rotatable bonds is 6. The molecule has 0 aromatic carbocycles. The molecular formula is C15H11F3N8O5S3. The fourth-order valence-corrected chi connectivity index (χ4v) is 5.71. The number of aromatic nitrogens is 4. The van der Waals surface area contributed by atoms with Crippen LogP contribution < -0.4 is 11.1 Å². The monoisotopic (exact) mass is 536 g/mol. The van der Waals surface area contributed by atoms with Crippen molar-refractivity contribution < 1.29 is 37.9 Å². The standard InChI is InChI=1S/C15H11F3N8O5S3/c16-15(17,18)12-22-23-14(33-12)32-4-2-1-3-5(10(28)26(3)7(4)11(29)30)20-9(27)6(24-31)8-21-13(19)34-25-8/h3,5,31H,1-2H2,(H,20,27)(H,29,30)(H2,19,21,25)/b24-6-/t3-,5?/m1/s1. The Bertz CT molecular complexity index is 1240. The van der Waals surface area contributed by atoms with Gasteiger partial charge in [0.2, 0.25) is 16.5 Å². The van der Waals surface area contributed by atoms with Crippen molar-refractivity contribution in [3.05, 3.63) is 21.4 Å². The second-order valence-corrected chi connectivity index (χ2v) is 9.82. The van der Waals surface area contributed by atoms with Gasteiger partial charge in [-0.25, -0.2) is 4.79 Å². The number of aliphatic carboxylic acids is 1. The zero-order chi connectivity index (χ0) is 24.8. The first-order chi connectivity index (χ1) is 16.0. The van der Waals surface area contributed by atoms with Gasteiger partial charge >= 0.3 is 12.1 Å². The largest absolute Gasteiger partial charge is 0.477 e. The minimum atomic E-state index is -4.69. The number of hydrogen-bond acceptors (Lipinski definition) is 13. The average Bonchev–Trinajstić information content (AvgIpc) is 3.41. The van der Waals surface area contributed by atoms with Gasteiger partial charge in [0.05, 0.1) is 6.04 Å². The summed E-state index contributed by atoms with van der Waals surface area (Å²) in [6, 6.07) is -1.86. The molecule has 2 aliphatic heterocycles. The van der Waals surface area contributed by atoms with E-state index in [2.05, 4.69) is 30.0 Å². The lowest BCUT2D eigenvalue weighted by molar-refractivity contribution is -0.155. The number of amides is 2. The predicted molar refractivity (Wildman–Crippen MR) is 110 cm³/mol. The smallest absolute Gasteiger partial charge is 0.445 e. The lowest BCUT2D eigenvalue weighted by Gasteiger charge is -2.49. The number of anilines is 1. The van der Waals surface area contributed by atoms with Crippen LogP contribution in [0.2, 0.25) is 0 Å². The van der Waals surface area contributed by atoms with Crippen molar-refractivity contribution in [1.29, 1.82) is 0 Å². The number of carboxylic acids is 1. The molecule has 2 atom stereocenters. The Labute approximate surface area is 198 Å². The van der Waals surface area contributed by atoms with E-state index < -0.39 is 52.5 Å². The van der Waals surface area contributed by atoms with Crippen molar-refractivity contribution in [2.24, 2.45) is 5.16 Å². The minimum absolute atomic E-state index is 0.0150. The molecule has 1 fully saturated rings. The summed E-state index contributed by atoms with van der Waals surface area (Å²) in [7, 11) is 0. The van der Waals surface area contributed by atoms with E-state index >= 15 is 0 Å². The molecule has 0 radical (unpaired) electrons. The first-order valence-electron chi connectivity index (χ1n) is 9.01. The van der Waals surface area contributed by atoms with Crippen molar-refractivity contribution in [2.45, 2.75) is 35.4 Å². The maximum atomic E-state index is 12.8. The summed E-state index contributed by atoms with van der Waals surface area (Å²) in [4.78, 5) is 41.9. The number of carboxylic acid groups (broad SMARTS) is 1. The molecule has 0 bridgehead atoms. The second kappa shape index (κ2) is 8.80. The van der Waals surface area contributed by atoms with E-state index in [1.165, 1.54) is 0 Å². The number of β-lactam (4-membered cyclic amide) rings is 1. The number of halogens is 3. The third-order valence-corrected chi connectivity index (χ3v) is 7.41. The molecule has 0 saturated carbocycles. The molecule has 13 nitrogen and oxygen atoms in total. The van der Waals surface area contributed by atoms with E-state index in [0.29, 0.717) is 11.8 Å². The maximum Gasteiger partial charge on any atom is 0.445 e. The van der Waals surface area contributed by atoms with Crippen LogP contribution in [0.25, 0.3) is 0 Å². The predicted octanol–water partition coefficient (Wildman–Crippen LogP) is 0.747. The number of nitrogens with one attached hydrogen (secondary N) is 1. The highest BCUT2D eigenvalue weighted by molar-refractivity contribution is 8.04. The summed E-state index contributed by atoms with van der Waals surface area (Å²) in [5, 5.41) is 29.3. The number of nitrogen functional groups attached to an aromatic ring is 1. The highest BCUT2D eigenvalue weighted by Crippen LogP contribution is 2.44. The molecule has 2 aliphatic rings. The lowest BCUT2D eigenvalue weighted by Crippen LogP contribution is -2.72. The lowest BCUT2D eigenvalue weighted by atomic mass is 9.86. The number of fused-ring (bicyclic) bond motifs is 1. The molecule has 0 aliphatic carbocycles. The fourth-order valence-electron chi connectivity index (χ4n) is 3.33. The summed E-state index contributed by atoms with van der Waals surface area (Å²) in [5.74, 6) is -3.46. The number of alkyl halides is 3. The van der Waals surface area contributed by atoms with Crippen molar-refractivity contribution in [2.75, 3.05) is 5.73 Å². The number of nitrogens with zero attached hydrogens (tertiary/aromatic N) is 6. The van der Waals surface area contributed by atoms with Crippen LogP contribution >= 0.6 is 34.6 Å². The van der Waals surface area contributed by atoms with Crippen LogP contribution in [0.15, 0.2) is 20.1 Å². The van der Waals surface area contributed by atoms with Gasteiger partial charge in [0, 0.05) is 16.4 Å². The van der Waals surface area contributed by atoms with Crippen molar-refractivity contribution >= 4 is 63.3 Å². The van der Waals surface area contributed by atoms with Gasteiger partial charge in [-0.3, -0.25) is 14.5 Å². The molecular weight excluding hydrogens is 525 g/mol. The van der Waals surface area contributed by atoms with Gasteiger partial charge in [-0.2, -0.15) is 22.5 Å². The molecule has 4 heterocycles. The SMILES string of the molecule is Nc1nc(/C(=N/O)C(=O)NC2C(=O)N3C(C(=O)O)=C(Sc4nnc(C(F)(F)F)s4)CC[C@H]23)ns1. The van der Waals surface area contributed by atoms with Crippen LogP contribution in [0.5, 0.6) is 0 Å². The Morgan fingerprint density at radius 3 is 2.62 bits per heavy atom. The number of allylic oxidation sites excluding steroid dienone is 1. The Hall–Kier alpha value is -3.32. The third kappa shape index (κ3) is 4.28. The highest BCUT2D eigenvalue weighted by atomic mass is 32.2. The van der Waals surface area contributed by atoms with Gasteiger partial charge in [-0.15, -0.1) is 10.2 Å². The summed E-state index contributed by atoms with van der Waals surface area (Å²) in [6.45, 7) is 0. The number of hydrogen-bond donors (Lipinski definition) is 4. The molecule has 0 spiro atoms. The van der Waals surface area contributed by atoms with E-state index in [1.54, 1.807) is 0 Å². The van der Waals surface area contributed by atoms with Gasteiger partial charge in [0.1, 0.15) is 11.7 Å². The molecule has 180 valence electrons. The number of thioether (sulfide) groups is 1. The van der Waals surface area contributed by atoms with Gasteiger partial charge in [0.25, 0.3) is 11.8 Å². The number of carbonyl (C=O) groups is 3. The molecule has 2 aromatic heterocycles. The molecule has 2 aromatic rings. The summed E-state index contributed by atoms with van der Waals surface area (Å²) < 4.78 is 41.9. The first-order valence-corrected chi connectivity index (χ1v) is 11.4. The van der Waals surface area contributed by atoms with E-state index in [1.807, 2.05) is 0 Å². The van der Waals surface area contributed by atoms with Crippen molar-refractivity contribution in [1.82, 2.24) is 29.8 Å². The maximum absolute atomic E-state index is 12.8. The molecule has 1 unspecified atom stereocenters. The number of nitrogens with two attached hydrogens (primary N) is 1. The summed E-state index contributed by atoms with van der Waals surface area (Å²) >= 11 is 1.69. The normalized spacial score (nSPS) is 20.7. The van der Waals surface area contributed by atoms with Crippen LogP contribution in [0.4, 0.5) is 18.3 Å². The molecule has 5 N–H and O–H groups in total. The first kappa shape index (κ1) is 23.8. The zero-order valence-corrected chi connectivity index (χ0v) is 18.8. The van der Waals surface area contributed by atoms with E-state index in [0.717, 1.165) is 16.4 Å². The van der Waals surface area contributed by atoms with Crippen LogP contribution in [-0.4, -0.2) is 70.3 Å². The highest BCUT2D eigenvalue weighted by Gasteiger charge is 2.54. The summed E-state index contributed by atoms with van der Waals surface area (Å²) in [5.41, 5.74) is 4.45. The molecule has 34 heavy (non-hydrogen) atoms. The second-order valence-electron chi connectivity index (χ2n) is 6.72. The topological polar surface area (TPSA) is 197 Å². The summed E-state index contributed by atoms with van der Waals surface area (Å²) in [6.07, 6.45) is -4.39. The zero-order valence-electron chi connectivity index (χ0n) is 16.3. The third-order valence-electron chi connectivity index (χ3n) is 4.71. The molecule has 19 heteroatoms. The van der Waals surface area contributed by atoms with E-state index in [4.69, 9.17) is 10.9 Å². The van der Waals surface area contributed by atoms with Gasteiger partial charge in [0.15, 0.2) is 9.47 Å². The Morgan fingerprint density at radius 1 is 1.32 bits per heavy atom. The molecule has 2 amide bonds. The fraction of sp³-hybridized carbons (Fsp3) is 0.333. The Balaban J connectivity index is 1.52. The van der Waals surface area contributed by atoms with Gasteiger partial charge < -0.3 is 21.4 Å². The number of oxime groups is 1. The van der Waals surface area contributed by atoms with Crippen LogP contribution in [-0.2, 0) is 20.6 Å².